The van der Waals surface area contributed by atoms with Gasteiger partial charge in [0.2, 0.25) is 0 Å². The number of hydrogen-bond donors (Lipinski definition) is 0. The van der Waals surface area contributed by atoms with Gasteiger partial charge in [-0.25, -0.2) is 13.2 Å². The SMILES string of the molecule is CC(C)(C)OC(=O)COc1ccc2c(c1)C=CS2(=O)=O. The summed E-state index contributed by atoms with van der Waals surface area (Å²) < 4.78 is 33.6. The first-order valence-corrected chi connectivity index (χ1v) is 7.64. The van der Waals surface area contributed by atoms with Gasteiger partial charge < -0.3 is 9.47 Å². The van der Waals surface area contributed by atoms with E-state index in [2.05, 4.69) is 0 Å². The molecule has 0 unspecified atom stereocenters. The zero-order valence-electron chi connectivity index (χ0n) is 11.5. The number of ether oxygens (including phenoxy) is 2. The quantitative estimate of drug-likeness (QED) is 0.799. The van der Waals surface area contributed by atoms with Gasteiger partial charge in [-0.3, -0.25) is 0 Å². The van der Waals surface area contributed by atoms with E-state index >= 15 is 0 Å². The van der Waals surface area contributed by atoms with Crippen molar-refractivity contribution in [1.82, 2.24) is 0 Å². The number of sulfone groups is 1. The molecule has 0 amide bonds. The number of hydrogen-bond acceptors (Lipinski definition) is 5. The molecule has 0 aromatic heterocycles. The van der Waals surface area contributed by atoms with Gasteiger partial charge in [0.05, 0.1) is 4.90 Å². The molecule has 1 aliphatic heterocycles. The summed E-state index contributed by atoms with van der Waals surface area (Å²) in [4.78, 5) is 11.8. The molecule has 0 spiro atoms. The lowest BCUT2D eigenvalue weighted by Gasteiger charge is -2.19. The monoisotopic (exact) mass is 296 g/mol. The Hall–Kier alpha value is -1.82. The smallest absolute Gasteiger partial charge is 0.344 e. The van der Waals surface area contributed by atoms with Crippen LogP contribution in [0.1, 0.15) is 26.3 Å². The Kier molecular flexibility index (Phi) is 3.60. The fraction of sp³-hybridized carbons (Fsp3) is 0.357. The second-order valence-electron chi connectivity index (χ2n) is 5.42. The Morgan fingerprint density at radius 2 is 1.95 bits per heavy atom. The Balaban J connectivity index is 2.03. The van der Waals surface area contributed by atoms with Crippen molar-refractivity contribution in [2.75, 3.05) is 6.61 Å². The van der Waals surface area contributed by atoms with Crippen LogP contribution in [-0.4, -0.2) is 26.6 Å². The zero-order valence-corrected chi connectivity index (χ0v) is 12.4. The molecule has 1 aromatic carbocycles. The van der Waals surface area contributed by atoms with Crippen LogP contribution in [0.15, 0.2) is 28.5 Å². The highest BCUT2D eigenvalue weighted by atomic mass is 32.2. The summed E-state index contributed by atoms with van der Waals surface area (Å²) in [5.74, 6) is -0.0440. The Labute approximate surface area is 118 Å². The predicted octanol–water partition coefficient (Wildman–Crippen LogP) is 2.17. The van der Waals surface area contributed by atoms with Crippen molar-refractivity contribution in [1.29, 1.82) is 0 Å². The van der Waals surface area contributed by atoms with Crippen LogP contribution in [0.2, 0.25) is 0 Å². The summed E-state index contributed by atoms with van der Waals surface area (Å²) in [5, 5.41) is 1.15. The van der Waals surface area contributed by atoms with Gasteiger partial charge in [0.15, 0.2) is 16.4 Å². The van der Waals surface area contributed by atoms with E-state index in [4.69, 9.17) is 9.47 Å². The first-order chi connectivity index (χ1) is 9.17. The summed E-state index contributed by atoms with van der Waals surface area (Å²) in [5.41, 5.74) is 0.00143. The third-order valence-corrected chi connectivity index (χ3v) is 3.97. The standard InChI is InChI=1S/C14H16O5S/c1-14(2,3)19-13(15)9-18-11-4-5-12-10(8-11)6-7-20(12,16)17/h4-8H,9H2,1-3H3. The largest absolute Gasteiger partial charge is 0.482 e. The van der Waals surface area contributed by atoms with Gasteiger partial charge >= 0.3 is 5.97 Å². The molecule has 1 heterocycles. The molecule has 0 bridgehead atoms. The van der Waals surface area contributed by atoms with E-state index in [-0.39, 0.29) is 11.5 Å². The zero-order chi connectivity index (χ0) is 15.0. The topological polar surface area (TPSA) is 69.7 Å². The fourth-order valence-electron chi connectivity index (χ4n) is 1.76. The van der Waals surface area contributed by atoms with Crippen molar-refractivity contribution < 1.29 is 22.7 Å². The molecule has 20 heavy (non-hydrogen) atoms. The van der Waals surface area contributed by atoms with Gasteiger partial charge in [0, 0.05) is 5.41 Å². The predicted molar refractivity (Wildman–Crippen MR) is 74.0 cm³/mol. The lowest BCUT2D eigenvalue weighted by molar-refractivity contribution is -0.157. The summed E-state index contributed by atoms with van der Waals surface area (Å²) >= 11 is 0. The van der Waals surface area contributed by atoms with Crippen LogP contribution in [0.25, 0.3) is 6.08 Å². The highest BCUT2D eigenvalue weighted by molar-refractivity contribution is 7.94. The number of carbonyl (C=O) groups excluding carboxylic acids is 1. The van der Waals surface area contributed by atoms with Gasteiger partial charge in [0.25, 0.3) is 0 Å². The van der Waals surface area contributed by atoms with Crippen LogP contribution >= 0.6 is 0 Å². The number of carbonyl (C=O) groups is 1. The lowest BCUT2D eigenvalue weighted by Crippen LogP contribution is -2.27. The molecule has 1 aliphatic rings. The second kappa shape index (κ2) is 4.94. The van der Waals surface area contributed by atoms with Crippen LogP contribution in [0, 0.1) is 0 Å². The van der Waals surface area contributed by atoms with E-state index in [1.54, 1.807) is 26.8 Å². The molecule has 0 N–H and O–H groups in total. The minimum absolute atomic E-state index is 0.216. The molecule has 0 saturated carbocycles. The van der Waals surface area contributed by atoms with E-state index in [1.165, 1.54) is 18.2 Å². The number of rotatable bonds is 3. The Morgan fingerprint density at radius 3 is 2.60 bits per heavy atom. The van der Waals surface area contributed by atoms with Crippen molar-refractivity contribution >= 4 is 21.9 Å². The summed E-state index contributed by atoms with van der Waals surface area (Å²) in [6, 6.07) is 4.57. The molecular formula is C14H16O5S. The molecule has 5 nitrogen and oxygen atoms in total. The minimum atomic E-state index is -3.31. The van der Waals surface area contributed by atoms with Gasteiger partial charge in [-0.1, -0.05) is 0 Å². The van der Waals surface area contributed by atoms with E-state index < -0.39 is 21.4 Å². The average Bonchev–Trinajstić information content (AvgIpc) is 2.60. The molecule has 0 aliphatic carbocycles. The van der Waals surface area contributed by atoms with E-state index in [0.29, 0.717) is 11.3 Å². The van der Waals surface area contributed by atoms with Crippen molar-refractivity contribution in [3.8, 4) is 5.75 Å². The minimum Gasteiger partial charge on any atom is -0.482 e. The second-order valence-corrected chi connectivity index (χ2v) is 7.22. The van der Waals surface area contributed by atoms with E-state index in [1.807, 2.05) is 0 Å². The van der Waals surface area contributed by atoms with Gasteiger partial charge in [-0.05, 0) is 50.6 Å². The van der Waals surface area contributed by atoms with Crippen LogP contribution in [0.4, 0.5) is 0 Å². The highest BCUT2D eigenvalue weighted by Gasteiger charge is 2.21. The Bertz CT molecular complexity index is 665. The fourth-order valence-corrected chi connectivity index (χ4v) is 2.94. The molecular weight excluding hydrogens is 280 g/mol. The van der Waals surface area contributed by atoms with E-state index in [0.717, 1.165) is 5.41 Å². The van der Waals surface area contributed by atoms with Gasteiger partial charge in [-0.2, -0.15) is 0 Å². The maximum atomic E-state index is 11.6. The molecule has 0 saturated heterocycles. The van der Waals surface area contributed by atoms with Crippen molar-refractivity contribution in [2.45, 2.75) is 31.3 Å². The summed E-state index contributed by atoms with van der Waals surface area (Å²) in [7, 11) is -3.31. The van der Waals surface area contributed by atoms with Crippen LogP contribution < -0.4 is 4.74 Å². The molecule has 2 rings (SSSR count). The average molecular weight is 296 g/mol. The first-order valence-electron chi connectivity index (χ1n) is 6.09. The number of fused-ring (bicyclic) bond motifs is 1. The molecule has 1 aromatic rings. The number of esters is 1. The normalized spacial score (nSPS) is 15.8. The highest BCUT2D eigenvalue weighted by Crippen LogP contribution is 2.29. The van der Waals surface area contributed by atoms with Crippen molar-refractivity contribution in [2.24, 2.45) is 0 Å². The molecule has 0 fully saturated rings. The van der Waals surface area contributed by atoms with Crippen LogP contribution in [0.5, 0.6) is 5.75 Å². The lowest BCUT2D eigenvalue weighted by atomic mass is 10.2. The third-order valence-electron chi connectivity index (χ3n) is 2.49. The third kappa shape index (κ3) is 3.39. The van der Waals surface area contributed by atoms with Crippen molar-refractivity contribution in [3.63, 3.8) is 0 Å². The van der Waals surface area contributed by atoms with E-state index in [9.17, 15) is 13.2 Å². The molecule has 6 heteroatoms. The van der Waals surface area contributed by atoms with Gasteiger partial charge in [0.1, 0.15) is 11.4 Å². The van der Waals surface area contributed by atoms with Crippen LogP contribution in [-0.2, 0) is 19.4 Å². The first kappa shape index (κ1) is 14.6. The Morgan fingerprint density at radius 1 is 1.25 bits per heavy atom. The van der Waals surface area contributed by atoms with Gasteiger partial charge in [-0.15, -0.1) is 0 Å². The summed E-state index contributed by atoms with van der Waals surface area (Å²) in [6.45, 7) is 5.11. The summed E-state index contributed by atoms with van der Waals surface area (Å²) in [6.07, 6.45) is 1.50. The van der Waals surface area contributed by atoms with Crippen LogP contribution in [0.3, 0.4) is 0 Å². The maximum absolute atomic E-state index is 11.6. The molecule has 108 valence electrons. The maximum Gasteiger partial charge on any atom is 0.344 e. The molecule has 0 atom stereocenters. The molecule has 0 radical (unpaired) electrons. The number of benzene rings is 1. The van der Waals surface area contributed by atoms with Crippen molar-refractivity contribution in [3.05, 3.63) is 29.2 Å².